The van der Waals surface area contributed by atoms with Gasteiger partial charge in [0.25, 0.3) is 0 Å². The van der Waals surface area contributed by atoms with Crippen molar-refractivity contribution < 1.29 is 8.42 Å². The molecule has 0 amide bonds. The highest BCUT2D eigenvalue weighted by Crippen LogP contribution is 2.21. The highest BCUT2D eigenvalue weighted by atomic mass is 32.2. The number of hydrogen-bond donors (Lipinski definition) is 2. The SMILES string of the molecule is CNCCc1ccc(S(=O)(=O)NCC(C)N(C)C)s1. The Morgan fingerprint density at radius 3 is 2.63 bits per heavy atom. The second-order valence-corrected chi connectivity index (χ2v) is 7.90. The van der Waals surface area contributed by atoms with Crippen LogP contribution in [0, 0.1) is 0 Å². The van der Waals surface area contributed by atoms with Gasteiger partial charge in [0, 0.05) is 17.5 Å². The summed E-state index contributed by atoms with van der Waals surface area (Å²) in [5.74, 6) is 0. The molecule has 0 fully saturated rings. The van der Waals surface area contributed by atoms with Crippen molar-refractivity contribution in [2.75, 3.05) is 34.2 Å². The van der Waals surface area contributed by atoms with E-state index in [1.165, 1.54) is 11.3 Å². The van der Waals surface area contributed by atoms with Crippen LogP contribution in [0.4, 0.5) is 0 Å². The van der Waals surface area contributed by atoms with Gasteiger partial charge in [-0.3, -0.25) is 0 Å². The van der Waals surface area contributed by atoms with Crippen molar-refractivity contribution >= 4 is 21.4 Å². The monoisotopic (exact) mass is 305 g/mol. The lowest BCUT2D eigenvalue weighted by Crippen LogP contribution is -2.37. The van der Waals surface area contributed by atoms with Crippen molar-refractivity contribution in [2.45, 2.75) is 23.6 Å². The highest BCUT2D eigenvalue weighted by Gasteiger charge is 2.18. The van der Waals surface area contributed by atoms with Crippen molar-refractivity contribution in [1.29, 1.82) is 0 Å². The Labute approximate surface area is 120 Å². The molecule has 0 aliphatic heterocycles. The number of rotatable bonds is 8. The lowest BCUT2D eigenvalue weighted by Gasteiger charge is -2.19. The van der Waals surface area contributed by atoms with E-state index in [4.69, 9.17) is 0 Å². The van der Waals surface area contributed by atoms with Gasteiger partial charge in [-0.15, -0.1) is 11.3 Å². The van der Waals surface area contributed by atoms with Crippen molar-refractivity contribution in [3.63, 3.8) is 0 Å². The van der Waals surface area contributed by atoms with Crippen LogP contribution in [-0.4, -0.2) is 53.6 Å². The normalized spacial score (nSPS) is 13.9. The zero-order valence-electron chi connectivity index (χ0n) is 11.9. The molecule has 0 saturated carbocycles. The summed E-state index contributed by atoms with van der Waals surface area (Å²) in [6.07, 6.45) is 0.852. The molecule has 0 aromatic carbocycles. The molecule has 5 nitrogen and oxygen atoms in total. The van der Waals surface area contributed by atoms with Gasteiger partial charge in [0.2, 0.25) is 10.0 Å². The first-order valence-corrected chi connectivity index (χ1v) is 8.56. The second kappa shape index (κ2) is 7.35. The maximum absolute atomic E-state index is 12.1. The van der Waals surface area contributed by atoms with Crippen molar-refractivity contribution in [1.82, 2.24) is 14.9 Å². The van der Waals surface area contributed by atoms with Gasteiger partial charge in [-0.25, -0.2) is 13.1 Å². The Kier molecular flexibility index (Phi) is 6.41. The molecule has 7 heteroatoms. The van der Waals surface area contributed by atoms with E-state index in [0.717, 1.165) is 17.8 Å². The average Bonchev–Trinajstić information content (AvgIpc) is 2.82. The first-order valence-electron chi connectivity index (χ1n) is 6.26. The van der Waals surface area contributed by atoms with Gasteiger partial charge in [-0.05, 0) is 53.2 Å². The Morgan fingerprint density at radius 1 is 1.37 bits per heavy atom. The predicted molar refractivity (Wildman–Crippen MR) is 80.3 cm³/mol. The fourth-order valence-electron chi connectivity index (χ4n) is 1.37. The van der Waals surface area contributed by atoms with E-state index in [1.807, 2.05) is 39.0 Å². The summed E-state index contributed by atoms with van der Waals surface area (Å²) in [4.78, 5) is 3.06. The van der Waals surface area contributed by atoms with Crippen molar-refractivity contribution in [3.05, 3.63) is 17.0 Å². The van der Waals surface area contributed by atoms with E-state index >= 15 is 0 Å². The van der Waals surface area contributed by atoms with Crippen LogP contribution in [-0.2, 0) is 16.4 Å². The molecule has 0 aliphatic carbocycles. The van der Waals surface area contributed by atoms with Gasteiger partial charge in [-0.1, -0.05) is 0 Å². The molecule has 2 N–H and O–H groups in total. The topological polar surface area (TPSA) is 61.4 Å². The number of nitrogens with zero attached hydrogens (tertiary/aromatic N) is 1. The van der Waals surface area contributed by atoms with Gasteiger partial charge in [0.15, 0.2) is 0 Å². The summed E-state index contributed by atoms with van der Waals surface area (Å²) < 4.78 is 27.3. The fourth-order valence-corrected chi connectivity index (χ4v) is 3.89. The summed E-state index contributed by atoms with van der Waals surface area (Å²) in [5, 5.41) is 3.05. The zero-order chi connectivity index (χ0) is 14.5. The lowest BCUT2D eigenvalue weighted by molar-refractivity contribution is 0.314. The molecular formula is C12H23N3O2S2. The Balaban J connectivity index is 2.64. The summed E-state index contributed by atoms with van der Waals surface area (Å²) in [6.45, 7) is 3.25. The van der Waals surface area contributed by atoms with Gasteiger partial charge < -0.3 is 10.2 Å². The number of nitrogens with one attached hydrogen (secondary N) is 2. The first kappa shape index (κ1) is 16.6. The molecule has 0 spiro atoms. The molecule has 1 aromatic heterocycles. The summed E-state index contributed by atoms with van der Waals surface area (Å²) in [5.41, 5.74) is 0. The lowest BCUT2D eigenvalue weighted by atomic mass is 10.3. The molecule has 1 unspecified atom stereocenters. The Bertz CT molecular complexity index is 483. The van der Waals surface area contributed by atoms with Gasteiger partial charge >= 0.3 is 0 Å². The van der Waals surface area contributed by atoms with Crippen LogP contribution in [0.3, 0.4) is 0 Å². The average molecular weight is 305 g/mol. The molecule has 0 saturated heterocycles. The predicted octanol–water partition coefficient (Wildman–Crippen LogP) is 0.738. The number of likely N-dealkylation sites (N-methyl/N-ethyl adjacent to an activating group) is 2. The Morgan fingerprint density at radius 2 is 2.05 bits per heavy atom. The third-order valence-corrected chi connectivity index (χ3v) is 6.03. The van der Waals surface area contributed by atoms with Crippen LogP contribution in [0.1, 0.15) is 11.8 Å². The second-order valence-electron chi connectivity index (χ2n) is 4.74. The van der Waals surface area contributed by atoms with E-state index in [2.05, 4.69) is 10.0 Å². The van der Waals surface area contributed by atoms with Crippen LogP contribution in [0.5, 0.6) is 0 Å². The molecule has 110 valence electrons. The maximum atomic E-state index is 12.1. The third-order valence-electron chi connectivity index (χ3n) is 2.97. The maximum Gasteiger partial charge on any atom is 0.250 e. The van der Waals surface area contributed by atoms with E-state index in [1.54, 1.807) is 6.07 Å². The van der Waals surface area contributed by atoms with E-state index in [-0.39, 0.29) is 6.04 Å². The quantitative estimate of drug-likeness (QED) is 0.744. The number of sulfonamides is 1. The molecule has 1 atom stereocenters. The third kappa shape index (κ3) is 5.19. The van der Waals surface area contributed by atoms with E-state index < -0.39 is 10.0 Å². The smallest absolute Gasteiger partial charge is 0.250 e. The summed E-state index contributed by atoms with van der Waals surface area (Å²) >= 11 is 1.34. The molecule has 0 radical (unpaired) electrons. The van der Waals surface area contributed by atoms with Crippen LogP contribution < -0.4 is 10.0 Å². The molecule has 1 heterocycles. The fraction of sp³-hybridized carbons (Fsp3) is 0.667. The molecule has 0 aliphatic rings. The largest absolute Gasteiger partial charge is 0.319 e. The van der Waals surface area contributed by atoms with Gasteiger partial charge in [0.05, 0.1) is 0 Å². The van der Waals surface area contributed by atoms with Crippen molar-refractivity contribution in [2.24, 2.45) is 0 Å². The highest BCUT2D eigenvalue weighted by molar-refractivity contribution is 7.91. The van der Waals surface area contributed by atoms with E-state index in [9.17, 15) is 8.42 Å². The van der Waals surface area contributed by atoms with Crippen molar-refractivity contribution in [3.8, 4) is 0 Å². The van der Waals surface area contributed by atoms with Gasteiger partial charge in [-0.2, -0.15) is 0 Å². The summed E-state index contributed by atoms with van der Waals surface area (Å²) in [6, 6.07) is 3.73. The molecule has 1 aromatic rings. The standard InChI is InChI=1S/C12H23N3O2S2/c1-10(15(3)4)9-14-19(16,17)12-6-5-11(18-12)7-8-13-2/h5-6,10,13-14H,7-9H2,1-4H3. The molecule has 19 heavy (non-hydrogen) atoms. The van der Waals surface area contributed by atoms with Crippen LogP contribution >= 0.6 is 11.3 Å². The summed E-state index contributed by atoms with van der Waals surface area (Å²) in [7, 11) is 2.37. The van der Waals surface area contributed by atoms with Gasteiger partial charge in [0.1, 0.15) is 4.21 Å². The minimum atomic E-state index is -3.37. The molecule has 0 bridgehead atoms. The van der Waals surface area contributed by atoms with Crippen LogP contribution in [0.15, 0.2) is 16.3 Å². The van der Waals surface area contributed by atoms with E-state index in [0.29, 0.717) is 10.8 Å². The van der Waals surface area contributed by atoms with Crippen LogP contribution in [0.2, 0.25) is 0 Å². The number of thiophene rings is 1. The zero-order valence-corrected chi connectivity index (χ0v) is 13.6. The van der Waals surface area contributed by atoms with Crippen LogP contribution in [0.25, 0.3) is 0 Å². The molecular weight excluding hydrogens is 282 g/mol. The first-order chi connectivity index (χ1) is 8.86. The molecule has 1 rings (SSSR count). The number of hydrogen-bond acceptors (Lipinski definition) is 5. The Hall–Kier alpha value is -0.470. The minimum Gasteiger partial charge on any atom is -0.319 e. The minimum absolute atomic E-state index is 0.165.